The molecule has 7 heteroatoms. The van der Waals surface area contributed by atoms with Crippen molar-refractivity contribution in [1.82, 2.24) is 9.88 Å². The van der Waals surface area contributed by atoms with Crippen LogP contribution < -0.4 is 9.46 Å². The number of nitrogens with one attached hydrogen (secondary N) is 1. The van der Waals surface area contributed by atoms with Crippen LogP contribution in [0.25, 0.3) is 10.8 Å². The van der Waals surface area contributed by atoms with Gasteiger partial charge in [-0.1, -0.05) is 35.5 Å². The Morgan fingerprint density at radius 2 is 1.88 bits per heavy atom. The molecule has 0 amide bonds. The van der Waals surface area contributed by atoms with Crippen molar-refractivity contribution >= 4 is 20.8 Å². The molecule has 0 saturated heterocycles. The van der Waals surface area contributed by atoms with Gasteiger partial charge < -0.3 is 9.26 Å². The molecule has 6 nitrogen and oxygen atoms in total. The van der Waals surface area contributed by atoms with Gasteiger partial charge in [0.1, 0.15) is 22.9 Å². The van der Waals surface area contributed by atoms with E-state index in [4.69, 9.17) is 9.26 Å². The van der Waals surface area contributed by atoms with Gasteiger partial charge in [-0.05, 0) is 36.8 Å². The highest BCUT2D eigenvalue weighted by molar-refractivity contribution is 7.89. The van der Waals surface area contributed by atoms with Gasteiger partial charge in [0, 0.05) is 6.54 Å². The van der Waals surface area contributed by atoms with Gasteiger partial charge in [0.2, 0.25) is 10.0 Å². The maximum atomic E-state index is 12.3. The van der Waals surface area contributed by atoms with E-state index in [1.54, 1.807) is 13.8 Å². The second-order valence-corrected chi connectivity index (χ2v) is 7.11. The van der Waals surface area contributed by atoms with Gasteiger partial charge in [0.05, 0.1) is 0 Å². The molecular weight excluding hydrogens is 328 g/mol. The SMILES string of the molecule is Cc1noc(C)c1S(=O)(=O)NCCOc1ccc2ccccc2c1. The quantitative estimate of drug-likeness (QED) is 0.694. The van der Waals surface area contributed by atoms with Crippen LogP contribution in [0.15, 0.2) is 51.9 Å². The Balaban J connectivity index is 1.60. The monoisotopic (exact) mass is 346 g/mol. The molecular formula is C17H18N2O4S. The molecule has 1 aromatic heterocycles. The predicted molar refractivity (Wildman–Crippen MR) is 90.6 cm³/mol. The van der Waals surface area contributed by atoms with Gasteiger partial charge in [0.25, 0.3) is 0 Å². The molecule has 0 atom stereocenters. The Bertz CT molecular complexity index is 944. The minimum atomic E-state index is -3.65. The first-order chi connectivity index (χ1) is 11.5. The van der Waals surface area contributed by atoms with Gasteiger partial charge in [-0.3, -0.25) is 0 Å². The third kappa shape index (κ3) is 3.42. The lowest BCUT2D eigenvalue weighted by Crippen LogP contribution is -2.29. The Kier molecular flexibility index (Phi) is 4.55. The van der Waals surface area contributed by atoms with Gasteiger partial charge in [-0.15, -0.1) is 0 Å². The van der Waals surface area contributed by atoms with Gasteiger partial charge >= 0.3 is 0 Å². The number of aromatic nitrogens is 1. The third-order valence-corrected chi connectivity index (χ3v) is 5.32. The van der Waals surface area contributed by atoms with Crippen molar-refractivity contribution in [3.8, 4) is 5.75 Å². The molecule has 0 unspecified atom stereocenters. The molecule has 0 fully saturated rings. The van der Waals surface area contributed by atoms with Gasteiger partial charge in [-0.2, -0.15) is 0 Å². The van der Waals surface area contributed by atoms with E-state index in [1.165, 1.54) is 0 Å². The number of hydrogen-bond donors (Lipinski definition) is 1. The highest BCUT2D eigenvalue weighted by atomic mass is 32.2. The van der Waals surface area contributed by atoms with E-state index in [0.29, 0.717) is 11.4 Å². The number of rotatable bonds is 6. The number of benzene rings is 2. The van der Waals surface area contributed by atoms with E-state index in [9.17, 15) is 8.42 Å². The highest BCUT2D eigenvalue weighted by Gasteiger charge is 2.23. The summed E-state index contributed by atoms with van der Waals surface area (Å²) in [4.78, 5) is 0.0909. The van der Waals surface area contributed by atoms with E-state index < -0.39 is 10.0 Å². The largest absolute Gasteiger partial charge is 0.492 e. The molecule has 24 heavy (non-hydrogen) atoms. The minimum absolute atomic E-state index is 0.0909. The first kappa shape index (κ1) is 16.5. The molecule has 0 aliphatic heterocycles. The van der Waals surface area contributed by atoms with Crippen LogP contribution in [0, 0.1) is 13.8 Å². The molecule has 0 spiro atoms. The zero-order chi connectivity index (χ0) is 17.2. The molecule has 0 aliphatic rings. The van der Waals surface area contributed by atoms with Crippen LogP contribution in [-0.4, -0.2) is 26.7 Å². The Morgan fingerprint density at radius 3 is 2.58 bits per heavy atom. The van der Waals surface area contributed by atoms with Crippen molar-refractivity contribution in [2.24, 2.45) is 0 Å². The second kappa shape index (κ2) is 6.62. The molecule has 2 aromatic carbocycles. The Labute approximate surface area is 140 Å². The molecule has 1 heterocycles. The summed E-state index contributed by atoms with van der Waals surface area (Å²) in [6, 6.07) is 13.7. The summed E-state index contributed by atoms with van der Waals surface area (Å²) in [7, 11) is -3.65. The summed E-state index contributed by atoms with van der Waals surface area (Å²) >= 11 is 0. The average Bonchev–Trinajstić information content (AvgIpc) is 2.91. The summed E-state index contributed by atoms with van der Waals surface area (Å²) in [5.74, 6) is 0.973. The summed E-state index contributed by atoms with van der Waals surface area (Å²) < 4.78 is 37.5. The fraction of sp³-hybridized carbons (Fsp3) is 0.235. The fourth-order valence-corrected chi connectivity index (χ4v) is 3.87. The van der Waals surface area contributed by atoms with Gasteiger partial charge in [0.15, 0.2) is 5.76 Å². The van der Waals surface area contributed by atoms with Crippen molar-refractivity contribution in [3.63, 3.8) is 0 Å². The summed E-state index contributed by atoms with van der Waals surface area (Å²) in [6.45, 7) is 3.54. The number of nitrogens with zero attached hydrogens (tertiary/aromatic N) is 1. The average molecular weight is 346 g/mol. The fourth-order valence-electron chi connectivity index (χ4n) is 2.53. The van der Waals surface area contributed by atoms with Crippen molar-refractivity contribution in [2.45, 2.75) is 18.7 Å². The summed E-state index contributed by atoms with van der Waals surface area (Å²) in [5, 5.41) is 5.87. The molecule has 0 bridgehead atoms. The lowest BCUT2D eigenvalue weighted by atomic mass is 10.1. The van der Waals surface area contributed by atoms with Crippen LogP contribution in [-0.2, 0) is 10.0 Å². The number of fused-ring (bicyclic) bond motifs is 1. The zero-order valence-corrected chi connectivity index (χ0v) is 14.3. The van der Waals surface area contributed by atoms with Crippen LogP contribution in [0.3, 0.4) is 0 Å². The lowest BCUT2D eigenvalue weighted by Gasteiger charge is -2.09. The van der Waals surface area contributed by atoms with Crippen LogP contribution >= 0.6 is 0 Å². The Morgan fingerprint density at radius 1 is 1.12 bits per heavy atom. The molecule has 0 radical (unpaired) electrons. The lowest BCUT2D eigenvalue weighted by molar-refractivity contribution is 0.323. The van der Waals surface area contributed by atoms with Gasteiger partial charge in [-0.25, -0.2) is 13.1 Å². The Hall–Kier alpha value is -2.38. The molecule has 3 rings (SSSR count). The first-order valence-corrected chi connectivity index (χ1v) is 9.00. The van der Waals surface area contributed by atoms with E-state index in [0.717, 1.165) is 10.8 Å². The summed E-state index contributed by atoms with van der Waals surface area (Å²) in [5.41, 5.74) is 0.343. The number of aryl methyl sites for hydroxylation is 2. The molecule has 3 aromatic rings. The van der Waals surface area contributed by atoms with Crippen molar-refractivity contribution in [3.05, 3.63) is 53.9 Å². The van der Waals surface area contributed by atoms with E-state index in [1.807, 2.05) is 42.5 Å². The number of ether oxygens (including phenoxy) is 1. The third-order valence-electron chi connectivity index (χ3n) is 3.62. The summed E-state index contributed by atoms with van der Waals surface area (Å²) in [6.07, 6.45) is 0. The normalized spacial score (nSPS) is 11.8. The van der Waals surface area contributed by atoms with E-state index in [2.05, 4.69) is 9.88 Å². The highest BCUT2D eigenvalue weighted by Crippen LogP contribution is 2.21. The molecule has 1 N–H and O–H groups in total. The molecule has 0 saturated carbocycles. The van der Waals surface area contributed by atoms with Crippen molar-refractivity contribution in [2.75, 3.05) is 13.2 Å². The minimum Gasteiger partial charge on any atom is -0.492 e. The topological polar surface area (TPSA) is 81.4 Å². The van der Waals surface area contributed by atoms with Crippen LogP contribution in [0.5, 0.6) is 5.75 Å². The molecule has 0 aliphatic carbocycles. The first-order valence-electron chi connectivity index (χ1n) is 7.51. The van der Waals surface area contributed by atoms with Crippen molar-refractivity contribution in [1.29, 1.82) is 0 Å². The van der Waals surface area contributed by atoms with Crippen LogP contribution in [0.1, 0.15) is 11.5 Å². The molecule has 126 valence electrons. The second-order valence-electron chi connectivity index (χ2n) is 5.41. The maximum absolute atomic E-state index is 12.3. The van der Waals surface area contributed by atoms with Crippen LogP contribution in [0.4, 0.5) is 0 Å². The van der Waals surface area contributed by atoms with Crippen molar-refractivity contribution < 1.29 is 17.7 Å². The number of sulfonamides is 1. The van der Waals surface area contributed by atoms with E-state index in [-0.39, 0.29) is 23.8 Å². The van der Waals surface area contributed by atoms with Crippen LogP contribution in [0.2, 0.25) is 0 Å². The van der Waals surface area contributed by atoms with E-state index >= 15 is 0 Å². The zero-order valence-electron chi connectivity index (χ0n) is 13.4. The maximum Gasteiger partial charge on any atom is 0.246 e. The smallest absolute Gasteiger partial charge is 0.246 e. The standard InChI is InChI=1S/C17H18N2O4S/c1-12-17(13(2)23-19-12)24(20,21)18-9-10-22-16-8-7-14-5-3-4-6-15(14)11-16/h3-8,11,18H,9-10H2,1-2H3. The number of hydrogen-bond acceptors (Lipinski definition) is 5. The predicted octanol–water partition coefficient (Wildman–Crippen LogP) is 2.80.